The van der Waals surface area contributed by atoms with E-state index >= 15 is 0 Å². The zero-order chi connectivity index (χ0) is 17.7. The highest BCUT2D eigenvalue weighted by molar-refractivity contribution is 8.00. The predicted octanol–water partition coefficient (Wildman–Crippen LogP) is 4.83. The average Bonchev–Trinajstić information content (AvgIpc) is 3.24. The summed E-state index contributed by atoms with van der Waals surface area (Å²) in [5, 5.41) is 10.5. The zero-order valence-electron chi connectivity index (χ0n) is 14.2. The van der Waals surface area contributed by atoms with Gasteiger partial charge in [-0.15, -0.1) is 10.2 Å². The lowest BCUT2D eigenvalue weighted by Crippen LogP contribution is -2.23. The molecule has 1 aromatic heterocycles. The molecule has 130 valence electrons. The van der Waals surface area contributed by atoms with Crippen LogP contribution in [0.2, 0.25) is 0 Å². The van der Waals surface area contributed by atoms with Gasteiger partial charge < -0.3 is 5.43 Å². The molecule has 0 radical (unpaired) electrons. The van der Waals surface area contributed by atoms with Crippen LogP contribution >= 0.6 is 23.4 Å². The van der Waals surface area contributed by atoms with Gasteiger partial charge in [0.1, 0.15) is 5.37 Å². The lowest BCUT2D eigenvalue weighted by Gasteiger charge is -2.23. The molecule has 5 rings (SSSR count). The Morgan fingerprint density at radius 1 is 1.08 bits per heavy atom. The summed E-state index contributed by atoms with van der Waals surface area (Å²) in [4.78, 5) is 0. The summed E-state index contributed by atoms with van der Waals surface area (Å²) >= 11 is 8.43. The molecule has 3 aromatic rings. The summed E-state index contributed by atoms with van der Waals surface area (Å²) in [5.74, 6) is 0.836. The number of nitrogens with one attached hydrogen (secondary N) is 1. The Bertz CT molecular complexity index is 1020. The molecule has 2 aromatic carbocycles. The highest BCUT2D eigenvalue weighted by Gasteiger charge is 2.32. The first-order chi connectivity index (χ1) is 12.7. The third-order valence-corrected chi connectivity index (χ3v) is 6.48. The van der Waals surface area contributed by atoms with Crippen LogP contribution in [0.15, 0.2) is 59.3 Å². The van der Waals surface area contributed by atoms with Crippen molar-refractivity contribution in [2.24, 2.45) is 0 Å². The molecule has 0 amide bonds. The van der Waals surface area contributed by atoms with Gasteiger partial charge in [0, 0.05) is 5.56 Å². The summed E-state index contributed by atoms with van der Waals surface area (Å²) in [6.45, 7) is 2.08. The second-order valence-electron chi connectivity index (χ2n) is 6.63. The van der Waals surface area contributed by atoms with E-state index in [0.717, 1.165) is 40.0 Å². The quantitative estimate of drug-likeness (QED) is 0.691. The van der Waals surface area contributed by atoms with Gasteiger partial charge in [-0.1, -0.05) is 77.5 Å². The van der Waals surface area contributed by atoms with Gasteiger partial charge in [-0.25, -0.2) is 4.68 Å². The van der Waals surface area contributed by atoms with E-state index in [0.29, 0.717) is 0 Å². The molecule has 2 heterocycles. The van der Waals surface area contributed by atoms with Crippen LogP contribution in [-0.2, 0) is 6.42 Å². The fourth-order valence-electron chi connectivity index (χ4n) is 3.50. The largest absolute Gasteiger partial charge is 0.304 e. The van der Waals surface area contributed by atoms with Gasteiger partial charge in [-0.2, -0.15) is 0 Å². The van der Waals surface area contributed by atoms with Crippen molar-refractivity contribution < 1.29 is 0 Å². The smallest absolute Gasteiger partial charge is 0.212 e. The first kappa shape index (κ1) is 16.0. The SMILES string of the molecule is Cc1ccc(-c2nnc3n2NC(C2=C(Cl)c4ccccc4CC2)S3)cc1. The molecule has 1 aliphatic carbocycles. The lowest BCUT2D eigenvalue weighted by molar-refractivity contribution is 0.781. The molecule has 0 bridgehead atoms. The van der Waals surface area contributed by atoms with E-state index in [9.17, 15) is 0 Å². The van der Waals surface area contributed by atoms with Gasteiger partial charge in [0.15, 0.2) is 5.82 Å². The van der Waals surface area contributed by atoms with E-state index in [4.69, 9.17) is 11.6 Å². The Labute approximate surface area is 161 Å². The van der Waals surface area contributed by atoms with Gasteiger partial charge >= 0.3 is 0 Å². The molecule has 6 heteroatoms. The zero-order valence-corrected chi connectivity index (χ0v) is 15.8. The predicted molar refractivity (Wildman–Crippen MR) is 107 cm³/mol. The number of fused-ring (bicyclic) bond motifs is 2. The summed E-state index contributed by atoms with van der Waals surface area (Å²) in [6.07, 6.45) is 1.98. The lowest BCUT2D eigenvalue weighted by atomic mass is 9.92. The number of hydrogen-bond acceptors (Lipinski definition) is 4. The van der Waals surface area contributed by atoms with Crippen molar-refractivity contribution >= 4 is 28.4 Å². The van der Waals surface area contributed by atoms with Crippen molar-refractivity contribution in [1.82, 2.24) is 14.9 Å². The molecule has 1 aliphatic heterocycles. The molecule has 26 heavy (non-hydrogen) atoms. The Morgan fingerprint density at radius 2 is 1.88 bits per heavy atom. The number of aromatic nitrogens is 3. The maximum Gasteiger partial charge on any atom is 0.212 e. The van der Waals surface area contributed by atoms with Crippen molar-refractivity contribution in [2.75, 3.05) is 5.43 Å². The summed E-state index contributed by atoms with van der Waals surface area (Å²) in [6, 6.07) is 16.7. The van der Waals surface area contributed by atoms with Crippen LogP contribution in [0.1, 0.15) is 23.1 Å². The third-order valence-electron chi connectivity index (χ3n) is 4.93. The van der Waals surface area contributed by atoms with E-state index in [1.807, 2.05) is 10.7 Å². The van der Waals surface area contributed by atoms with Crippen molar-refractivity contribution in [2.45, 2.75) is 30.3 Å². The average molecular weight is 381 g/mol. The number of hydrogen-bond donors (Lipinski definition) is 1. The molecule has 4 nitrogen and oxygen atoms in total. The molecule has 1 atom stereocenters. The Balaban J connectivity index is 1.48. The van der Waals surface area contributed by atoms with E-state index in [1.165, 1.54) is 16.7 Å². The molecule has 1 unspecified atom stereocenters. The maximum absolute atomic E-state index is 6.76. The molecule has 0 fully saturated rings. The molecule has 1 N–H and O–H groups in total. The standard InChI is InChI=1S/C20H17ClN4S/c1-12-6-8-14(9-7-12)18-22-23-20-25(18)24-19(26-20)16-11-10-13-4-2-3-5-15(13)17(16)21/h2-9,19,24H,10-11H2,1H3. The second kappa shape index (κ2) is 6.18. The Hall–Kier alpha value is -2.24. The van der Waals surface area contributed by atoms with Crippen LogP contribution in [0.3, 0.4) is 0 Å². The third kappa shape index (κ3) is 2.54. The fourth-order valence-corrected chi connectivity index (χ4v) is 5.03. The minimum Gasteiger partial charge on any atom is -0.304 e. The molecular weight excluding hydrogens is 364 g/mol. The topological polar surface area (TPSA) is 42.7 Å². The summed E-state index contributed by atoms with van der Waals surface area (Å²) in [7, 11) is 0. The first-order valence-electron chi connectivity index (χ1n) is 8.63. The molecule has 0 saturated carbocycles. The van der Waals surface area contributed by atoms with Crippen LogP contribution in [0.4, 0.5) is 0 Å². The summed E-state index contributed by atoms with van der Waals surface area (Å²) < 4.78 is 1.98. The van der Waals surface area contributed by atoms with E-state index < -0.39 is 0 Å². The highest BCUT2D eigenvalue weighted by Crippen LogP contribution is 2.42. The van der Waals surface area contributed by atoms with Crippen LogP contribution in [0.5, 0.6) is 0 Å². The number of benzene rings is 2. The van der Waals surface area contributed by atoms with Gasteiger partial charge in [-0.05, 0) is 36.5 Å². The van der Waals surface area contributed by atoms with Crippen LogP contribution in [0, 0.1) is 6.92 Å². The number of rotatable bonds is 2. The molecule has 2 aliphatic rings. The van der Waals surface area contributed by atoms with E-state index in [-0.39, 0.29) is 5.37 Å². The van der Waals surface area contributed by atoms with Crippen molar-refractivity contribution in [3.63, 3.8) is 0 Å². The second-order valence-corrected chi connectivity index (χ2v) is 8.08. The van der Waals surface area contributed by atoms with Crippen molar-refractivity contribution in [1.29, 1.82) is 0 Å². The van der Waals surface area contributed by atoms with Crippen LogP contribution in [-0.4, -0.2) is 20.2 Å². The number of thioether (sulfide) groups is 1. The van der Waals surface area contributed by atoms with E-state index in [1.54, 1.807) is 11.8 Å². The van der Waals surface area contributed by atoms with Gasteiger partial charge in [0.2, 0.25) is 5.16 Å². The maximum atomic E-state index is 6.76. The monoisotopic (exact) mass is 380 g/mol. The summed E-state index contributed by atoms with van der Waals surface area (Å²) in [5.41, 5.74) is 9.53. The highest BCUT2D eigenvalue weighted by atomic mass is 35.5. The molecule has 0 saturated heterocycles. The van der Waals surface area contributed by atoms with Crippen LogP contribution < -0.4 is 5.43 Å². The Kier molecular flexibility index (Phi) is 3.80. The molecule has 0 spiro atoms. The van der Waals surface area contributed by atoms with Crippen molar-refractivity contribution in [3.05, 3.63) is 70.8 Å². The first-order valence-corrected chi connectivity index (χ1v) is 9.89. The number of nitrogens with zero attached hydrogens (tertiary/aromatic N) is 3. The van der Waals surface area contributed by atoms with Crippen molar-refractivity contribution in [3.8, 4) is 11.4 Å². The minimum atomic E-state index is 0.0885. The minimum absolute atomic E-state index is 0.0885. The van der Waals surface area contributed by atoms with Gasteiger partial charge in [0.05, 0.1) is 5.03 Å². The van der Waals surface area contributed by atoms with Gasteiger partial charge in [-0.3, -0.25) is 0 Å². The van der Waals surface area contributed by atoms with E-state index in [2.05, 4.69) is 65.0 Å². The number of aryl methyl sites for hydroxylation is 2. The Morgan fingerprint density at radius 3 is 2.73 bits per heavy atom. The fraction of sp³-hybridized carbons (Fsp3) is 0.200. The van der Waals surface area contributed by atoms with Crippen LogP contribution in [0.25, 0.3) is 16.4 Å². The number of halogens is 1. The normalized spacial score (nSPS) is 18.5. The van der Waals surface area contributed by atoms with Gasteiger partial charge in [0.25, 0.3) is 0 Å². The molecular formula is C20H17ClN4S.